The first-order chi connectivity index (χ1) is 35.1. The number of hydrogen-bond acceptors (Lipinski definition) is 9. The largest absolute Gasteiger partial charge is 0.453 e. The Morgan fingerprint density at radius 2 is 1.04 bits per heavy atom. The molecule has 0 saturated carbocycles. The predicted molar refractivity (Wildman–Crippen MR) is 278 cm³/mol. The first kappa shape index (κ1) is 52.0. The van der Waals surface area contributed by atoms with Crippen LogP contribution in [0.4, 0.5) is 4.79 Å². The summed E-state index contributed by atoms with van der Waals surface area (Å²) in [4.78, 5) is 87.2. The van der Waals surface area contributed by atoms with Gasteiger partial charge in [-0.1, -0.05) is 123 Å². The number of aromatic nitrogens is 1. The fourth-order valence-electron chi connectivity index (χ4n) is 11.1. The third-order valence-electron chi connectivity index (χ3n) is 14.8. The predicted octanol–water partition coefficient (Wildman–Crippen LogP) is 8.43. The van der Waals surface area contributed by atoms with Gasteiger partial charge in [0.25, 0.3) is 5.91 Å². The van der Waals surface area contributed by atoms with E-state index in [9.17, 15) is 28.8 Å². The van der Waals surface area contributed by atoms with Crippen LogP contribution in [0.1, 0.15) is 118 Å². The summed E-state index contributed by atoms with van der Waals surface area (Å²) in [6.07, 6.45) is 11.4. The van der Waals surface area contributed by atoms with Crippen molar-refractivity contribution in [2.75, 3.05) is 53.0 Å². The highest BCUT2D eigenvalue weighted by Gasteiger charge is 2.39. The summed E-state index contributed by atoms with van der Waals surface area (Å²) in [7, 11) is 1.26. The maximum atomic E-state index is 14.3. The summed E-state index contributed by atoms with van der Waals surface area (Å²) >= 11 is 0. The normalized spacial score (nSPS) is 18.0. The van der Waals surface area contributed by atoms with E-state index in [0.717, 1.165) is 91.6 Å². The number of Topliss-reactive ketones (excluding diaryl/α,β-unsaturated/α-hetero) is 2. The fourth-order valence-corrected chi connectivity index (χ4v) is 11.1. The number of likely N-dealkylation sites (tertiary alicyclic amines) is 2. The summed E-state index contributed by atoms with van der Waals surface area (Å²) in [5, 5.41) is 7.63. The summed E-state index contributed by atoms with van der Waals surface area (Å²) in [5.41, 5.74) is 5.04. The second-order valence-electron chi connectivity index (χ2n) is 19.8. The van der Waals surface area contributed by atoms with Crippen LogP contribution in [0.3, 0.4) is 0 Å². The molecule has 3 saturated heterocycles. The molecule has 3 aliphatic rings. The van der Waals surface area contributed by atoms with Crippen LogP contribution in [0, 0.1) is 0 Å². The van der Waals surface area contributed by atoms with Gasteiger partial charge in [-0.3, -0.25) is 28.9 Å². The molecule has 72 heavy (non-hydrogen) atoms. The van der Waals surface area contributed by atoms with E-state index >= 15 is 0 Å². The summed E-state index contributed by atoms with van der Waals surface area (Å²) in [6, 6.07) is 27.5. The molecule has 0 spiro atoms. The van der Waals surface area contributed by atoms with E-state index < -0.39 is 30.3 Å². The molecule has 14 heteroatoms. The number of alkyl carbamates (subject to hydrolysis) is 1. The Morgan fingerprint density at radius 3 is 1.51 bits per heavy atom. The van der Waals surface area contributed by atoms with E-state index in [0.29, 0.717) is 49.9 Å². The highest BCUT2D eigenvalue weighted by molar-refractivity contribution is 6.09. The molecule has 0 radical (unpaired) electrons. The number of hydrogen-bond donors (Lipinski definition) is 2. The topological polar surface area (TPSA) is 160 Å². The quantitative estimate of drug-likeness (QED) is 0.0613. The van der Waals surface area contributed by atoms with Crippen molar-refractivity contribution < 1.29 is 38.2 Å². The molecule has 0 bridgehead atoms. The lowest BCUT2D eigenvalue weighted by Crippen LogP contribution is -2.47. The molecule has 1 aromatic heterocycles. The molecular weight excluding hydrogens is 909 g/mol. The van der Waals surface area contributed by atoms with Gasteiger partial charge in [-0.15, -0.1) is 0 Å². The zero-order chi connectivity index (χ0) is 50.4. The molecule has 382 valence electrons. The summed E-state index contributed by atoms with van der Waals surface area (Å²) < 4.78 is 12.7. The lowest BCUT2D eigenvalue weighted by atomic mass is 9.98. The van der Waals surface area contributed by atoms with Crippen LogP contribution in [0.15, 0.2) is 97.1 Å². The lowest BCUT2D eigenvalue weighted by molar-refractivity contribution is -0.140. The maximum absolute atomic E-state index is 14.3. The third-order valence-corrected chi connectivity index (χ3v) is 14.8. The molecule has 4 amide bonds. The number of unbranched alkanes of at least 4 members (excludes halogenated alkanes) is 7. The Labute approximate surface area is 423 Å². The van der Waals surface area contributed by atoms with Crippen molar-refractivity contribution in [3.05, 3.63) is 119 Å². The van der Waals surface area contributed by atoms with Crippen LogP contribution >= 0.6 is 0 Å². The van der Waals surface area contributed by atoms with E-state index in [4.69, 9.17) is 9.47 Å². The average Bonchev–Trinajstić information content (AvgIpc) is 4.17. The Bertz CT molecular complexity index is 2660. The number of aryl methyl sites for hydroxylation is 1. The lowest BCUT2D eigenvalue weighted by Gasteiger charge is -2.28. The van der Waals surface area contributed by atoms with Crippen LogP contribution < -0.4 is 10.6 Å². The van der Waals surface area contributed by atoms with Crippen molar-refractivity contribution in [2.24, 2.45) is 0 Å². The number of benzene rings is 4. The van der Waals surface area contributed by atoms with E-state index in [1.165, 1.54) is 46.1 Å². The Hall–Kier alpha value is -6.38. The van der Waals surface area contributed by atoms with Gasteiger partial charge in [-0.2, -0.15) is 0 Å². The summed E-state index contributed by atoms with van der Waals surface area (Å²) in [6.45, 7) is 7.95. The molecule has 8 rings (SSSR count). The minimum absolute atomic E-state index is 0.0324. The molecule has 3 aliphatic heterocycles. The first-order valence-corrected chi connectivity index (χ1v) is 26.3. The van der Waals surface area contributed by atoms with Gasteiger partial charge >= 0.3 is 6.09 Å². The second kappa shape index (κ2) is 25.3. The monoisotopic (exact) mass is 981 g/mol. The third kappa shape index (κ3) is 13.0. The molecule has 2 N–H and O–H groups in total. The van der Waals surface area contributed by atoms with Crippen LogP contribution in [0.25, 0.3) is 21.8 Å². The van der Waals surface area contributed by atoms with Crippen molar-refractivity contribution in [1.29, 1.82) is 0 Å². The number of carbonyl (C=O) groups is 6. The van der Waals surface area contributed by atoms with Crippen molar-refractivity contribution in [1.82, 2.24) is 29.9 Å². The average molecular weight is 981 g/mol. The smallest absolute Gasteiger partial charge is 0.407 e. The van der Waals surface area contributed by atoms with E-state index in [1.54, 1.807) is 34.1 Å². The zero-order valence-electron chi connectivity index (χ0n) is 42.2. The number of nitrogens with zero attached hydrogens (tertiary/aromatic N) is 4. The van der Waals surface area contributed by atoms with Crippen LogP contribution in [0.5, 0.6) is 0 Å². The van der Waals surface area contributed by atoms with Gasteiger partial charge in [0.2, 0.25) is 11.8 Å². The van der Waals surface area contributed by atoms with Gasteiger partial charge in [-0.05, 0) is 79.5 Å². The van der Waals surface area contributed by atoms with E-state index in [1.807, 2.05) is 48.5 Å². The second-order valence-corrected chi connectivity index (χ2v) is 19.8. The molecule has 14 nitrogen and oxygen atoms in total. The first-order valence-electron chi connectivity index (χ1n) is 26.3. The van der Waals surface area contributed by atoms with E-state index in [2.05, 4.69) is 44.4 Å². The Morgan fingerprint density at radius 1 is 0.583 bits per heavy atom. The minimum atomic E-state index is -0.994. The minimum Gasteiger partial charge on any atom is -0.453 e. The molecule has 0 unspecified atom stereocenters. The van der Waals surface area contributed by atoms with Gasteiger partial charge in [0.05, 0.1) is 32.4 Å². The van der Waals surface area contributed by atoms with Crippen LogP contribution in [-0.2, 0) is 52.8 Å². The fraction of sp³-hybridized carbons (Fsp3) is 0.483. The number of amides is 4. The van der Waals surface area contributed by atoms with Crippen molar-refractivity contribution >= 4 is 57.2 Å². The molecular formula is C58H72N6O8. The van der Waals surface area contributed by atoms with Gasteiger partial charge in [-0.25, -0.2) is 4.79 Å². The van der Waals surface area contributed by atoms with Gasteiger partial charge < -0.3 is 34.5 Å². The standard InChI is InChI=1S/C58H72N6O8/c1-41(65)59-54(44-19-11-9-12-20-44)56(68)63-31-17-23-48(63)52(66)39-42-25-27-46-47-28-26-43(40-53(67)49-24-18-32-64(49)57(69)55(60-58(70)71-2)45-21-13-10-14-22-45)38-51(47)62(50(46)37-42)30-16-8-6-4-3-5-7-15-29-61-33-35-72-36-34-61/h9-14,19-22,25-28,37-38,48-49,54-55H,3-8,15-18,23-24,29-36,39-40H2,1-2H3,(H,59,65)(H,60,70)/t48-,49-,54+,55+/m0/s1. The maximum Gasteiger partial charge on any atom is 0.407 e. The number of methoxy groups -OCH3 is 1. The Kier molecular flexibility index (Phi) is 18.3. The SMILES string of the molecule is COC(=O)N[C@@H](C(=O)N1CCC[C@H]1C(=O)Cc1ccc2c3ccc(CC(=O)[C@@H]4CCCN4C(=O)[C@H](NC(C)=O)c4ccccc4)cc3n(CCCCCCCCCCN3CCOCC3)c2c1)c1ccccc1. The van der Waals surface area contributed by atoms with E-state index in [-0.39, 0.29) is 42.1 Å². The number of rotatable bonds is 23. The van der Waals surface area contributed by atoms with Crippen LogP contribution in [0.2, 0.25) is 0 Å². The molecule has 4 atom stereocenters. The summed E-state index contributed by atoms with van der Waals surface area (Å²) in [5.74, 6) is -1.02. The van der Waals surface area contributed by atoms with Gasteiger partial charge in [0, 0.05) is 74.3 Å². The molecule has 3 fully saturated rings. The number of carbonyl (C=O) groups excluding carboxylic acids is 6. The molecule has 0 aliphatic carbocycles. The van der Waals surface area contributed by atoms with Gasteiger partial charge in [0.1, 0.15) is 12.1 Å². The number of fused-ring (bicyclic) bond motifs is 3. The Balaban J connectivity index is 0.984. The number of nitrogens with one attached hydrogen (secondary N) is 2. The molecule has 4 heterocycles. The molecule has 5 aromatic rings. The molecule has 4 aromatic carbocycles. The number of morpholine rings is 1. The van der Waals surface area contributed by atoms with Gasteiger partial charge in [0.15, 0.2) is 11.6 Å². The van der Waals surface area contributed by atoms with Crippen molar-refractivity contribution in [3.63, 3.8) is 0 Å². The number of ether oxygens (including phenoxy) is 2. The van der Waals surface area contributed by atoms with Crippen molar-refractivity contribution in [2.45, 2.75) is 128 Å². The highest BCUT2D eigenvalue weighted by atomic mass is 16.5. The zero-order valence-corrected chi connectivity index (χ0v) is 42.2. The van der Waals surface area contributed by atoms with Crippen LogP contribution in [-0.4, -0.2) is 120 Å². The number of ketones is 2. The highest BCUT2D eigenvalue weighted by Crippen LogP contribution is 2.34. The van der Waals surface area contributed by atoms with Crippen molar-refractivity contribution in [3.8, 4) is 0 Å².